The van der Waals surface area contributed by atoms with Crippen LogP contribution in [0.2, 0.25) is 0 Å². The first-order valence-corrected chi connectivity index (χ1v) is 11.3. The Hall–Kier alpha value is -1.60. The predicted octanol–water partition coefficient (Wildman–Crippen LogP) is 2.56. The Kier molecular flexibility index (Phi) is 4.82. The molecule has 1 aliphatic carbocycles. The highest BCUT2D eigenvalue weighted by molar-refractivity contribution is 7.98. The van der Waals surface area contributed by atoms with Crippen LogP contribution in [0.25, 0.3) is 0 Å². The third-order valence-electron chi connectivity index (χ3n) is 6.17. The molecule has 27 heavy (non-hydrogen) atoms. The molecule has 3 aliphatic rings. The highest BCUT2D eigenvalue weighted by Gasteiger charge is 2.29. The van der Waals surface area contributed by atoms with Crippen molar-refractivity contribution in [1.29, 1.82) is 0 Å². The van der Waals surface area contributed by atoms with Gasteiger partial charge in [-0.2, -0.15) is 16.9 Å². The van der Waals surface area contributed by atoms with Gasteiger partial charge in [-0.15, -0.1) is 0 Å². The number of hydrogen-bond acceptors (Lipinski definition) is 6. The van der Waals surface area contributed by atoms with Crippen molar-refractivity contribution < 1.29 is 4.52 Å². The number of nitrogens with zero attached hydrogens (tertiary/aromatic N) is 4. The lowest BCUT2D eigenvalue weighted by Crippen LogP contribution is -2.37. The van der Waals surface area contributed by atoms with Gasteiger partial charge in [-0.1, -0.05) is 5.16 Å². The molecular formula is C20H26N4O2S. The van der Waals surface area contributed by atoms with E-state index in [1.54, 1.807) is 4.68 Å². The Bertz CT molecular complexity index is 891. The van der Waals surface area contributed by atoms with Gasteiger partial charge >= 0.3 is 0 Å². The summed E-state index contributed by atoms with van der Waals surface area (Å²) in [7, 11) is 0. The van der Waals surface area contributed by atoms with Crippen LogP contribution in [-0.2, 0) is 38.1 Å². The number of aromatic nitrogens is 3. The molecule has 144 valence electrons. The van der Waals surface area contributed by atoms with Gasteiger partial charge in [0.1, 0.15) is 11.5 Å². The molecule has 1 saturated heterocycles. The van der Waals surface area contributed by atoms with Gasteiger partial charge in [0.2, 0.25) is 0 Å². The molecule has 7 heteroatoms. The van der Waals surface area contributed by atoms with Crippen LogP contribution in [0.1, 0.15) is 54.0 Å². The van der Waals surface area contributed by atoms with Crippen molar-refractivity contribution in [2.75, 3.05) is 12.3 Å². The van der Waals surface area contributed by atoms with Crippen LogP contribution >= 0.6 is 11.8 Å². The first kappa shape index (κ1) is 17.5. The Morgan fingerprint density at radius 3 is 3.11 bits per heavy atom. The molecule has 1 unspecified atom stereocenters. The summed E-state index contributed by atoms with van der Waals surface area (Å²) in [5.74, 6) is 3.12. The average Bonchev–Trinajstić information content (AvgIpc) is 3.30. The van der Waals surface area contributed by atoms with Gasteiger partial charge in [-0.05, 0) is 50.0 Å². The third kappa shape index (κ3) is 3.47. The Balaban J connectivity index is 1.33. The fraction of sp³-hybridized carbons (Fsp3) is 0.650. The number of aryl methyl sites for hydroxylation is 2. The third-order valence-corrected chi connectivity index (χ3v) is 7.18. The molecule has 2 aromatic rings. The quantitative estimate of drug-likeness (QED) is 0.805. The predicted molar refractivity (Wildman–Crippen MR) is 105 cm³/mol. The number of fused-ring (bicyclic) bond motifs is 2. The van der Waals surface area contributed by atoms with Crippen molar-refractivity contribution >= 4 is 11.8 Å². The molecule has 2 aromatic heterocycles. The molecular weight excluding hydrogens is 360 g/mol. The molecule has 2 aliphatic heterocycles. The summed E-state index contributed by atoms with van der Waals surface area (Å²) in [4.78, 5) is 15.0. The van der Waals surface area contributed by atoms with Crippen LogP contribution in [0.3, 0.4) is 0 Å². The van der Waals surface area contributed by atoms with Gasteiger partial charge in [0.05, 0.1) is 12.2 Å². The van der Waals surface area contributed by atoms with E-state index in [9.17, 15) is 4.79 Å². The summed E-state index contributed by atoms with van der Waals surface area (Å²) < 4.78 is 7.29. The van der Waals surface area contributed by atoms with E-state index in [0.29, 0.717) is 12.6 Å². The summed E-state index contributed by atoms with van der Waals surface area (Å²) >= 11 is 1.89. The Labute approximate surface area is 163 Å². The first-order chi connectivity index (χ1) is 13.3. The Morgan fingerprint density at radius 1 is 1.22 bits per heavy atom. The highest BCUT2D eigenvalue weighted by atomic mass is 32.2. The lowest BCUT2D eigenvalue weighted by Gasteiger charge is -2.25. The van der Waals surface area contributed by atoms with E-state index in [0.717, 1.165) is 73.0 Å². The highest BCUT2D eigenvalue weighted by Crippen LogP contribution is 2.28. The van der Waals surface area contributed by atoms with Gasteiger partial charge in [0.15, 0.2) is 0 Å². The maximum Gasteiger partial charge on any atom is 0.267 e. The molecule has 0 radical (unpaired) electrons. The second-order valence-electron chi connectivity index (χ2n) is 7.94. The lowest BCUT2D eigenvalue weighted by molar-refractivity contribution is 0.210. The van der Waals surface area contributed by atoms with Crippen LogP contribution in [-0.4, -0.2) is 38.2 Å². The van der Waals surface area contributed by atoms with Crippen molar-refractivity contribution in [3.63, 3.8) is 0 Å². The number of hydrogen-bond donors (Lipinski definition) is 0. The average molecular weight is 387 g/mol. The van der Waals surface area contributed by atoms with E-state index >= 15 is 0 Å². The van der Waals surface area contributed by atoms with Crippen LogP contribution < -0.4 is 5.56 Å². The summed E-state index contributed by atoms with van der Waals surface area (Å²) in [6.07, 6.45) is 7.81. The normalized spacial score (nSPS) is 22.6. The molecule has 4 heterocycles. The second-order valence-corrected chi connectivity index (χ2v) is 9.05. The SMILES string of the molecule is O=c1cc2c(nn1CC1CCCN1Cc1noc3c1CCCC3)CCSC2. The van der Waals surface area contributed by atoms with E-state index in [1.807, 2.05) is 17.8 Å². The molecule has 1 atom stereocenters. The largest absolute Gasteiger partial charge is 0.361 e. The molecule has 0 aromatic carbocycles. The smallest absolute Gasteiger partial charge is 0.267 e. The van der Waals surface area contributed by atoms with E-state index in [2.05, 4.69) is 10.1 Å². The standard InChI is InChI=1S/C20H26N4O2S/c25-20-10-14-13-27-9-7-17(14)21-24(20)11-15-4-3-8-23(15)12-18-16-5-1-2-6-19(16)26-22-18/h10,15H,1-9,11-13H2. The molecule has 0 bridgehead atoms. The van der Waals surface area contributed by atoms with E-state index in [4.69, 9.17) is 9.62 Å². The van der Waals surface area contributed by atoms with Crippen molar-refractivity contribution in [3.05, 3.63) is 44.7 Å². The maximum absolute atomic E-state index is 12.5. The van der Waals surface area contributed by atoms with Crippen molar-refractivity contribution in [3.8, 4) is 0 Å². The minimum Gasteiger partial charge on any atom is -0.361 e. The molecule has 1 fully saturated rings. The molecule has 0 saturated carbocycles. The van der Waals surface area contributed by atoms with Crippen LogP contribution in [0.4, 0.5) is 0 Å². The summed E-state index contributed by atoms with van der Waals surface area (Å²) in [6.45, 7) is 2.57. The van der Waals surface area contributed by atoms with Crippen LogP contribution in [0, 0.1) is 0 Å². The van der Waals surface area contributed by atoms with Gasteiger partial charge < -0.3 is 4.52 Å². The van der Waals surface area contributed by atoms with Crippen LogP contribution in [0.15, 0.2) is 15.4 Å². The minimum atomic E-state index is 0.0434. The van der Waals surface area contributed by atoms with Crippen molar-refractivity contribution in [2.45, 2.75) is 69.8 Å². The van der Waals surface area contributed by atoms with E-state index in [-0.39, 0.29) is 5.56 Å². The van der Waals surface area contributed by atoms with E-state index in [1.165, 1.54) is 24.8 Å². The van der Waals surface area contributed by atoms with Gasteiger partial charge in [0.25, 0.3) is 5.56 Å². The second kappa shape index (κ2) is 7.43. The molecule has 0 N–H and O–H groups in total. The molecule has 6 nitrogen and oxygen atoms in total. The maximum atomic E-state index is 12.5. The van der Waals surface area contributed by atoms with Gasteiger partial charge in [-0.25, -0.2) is 4.68 Å². The van der Waals surface area contributed by atoms with Gasteiger partial charge in [-0.3, -0.25) is 9.69 Å². The zero-order valence-electron chi connectivity index (χ0n) is 15.7. The van der Waals surface area contributed by atoms with Crippen LogP contribution in [0.5, 0.6) is 0 Å². The van der Waals surface area contributed by atoms with Crippen molar-refractivity contribution in [1.82, 2.24) is 19.8 Å². The summed E-state index contributed by atoms with van der Waals surface area (Å²) in [6, 6.07) is 2.16. The first-order valence-electron chi connectivity index (χ1n) is 10.2. The number of likely N-dealkylation sites (tertiary alicyclic amines) is 1. The topological polar surface area (TPSA) is 64.2 Å². The summed E-state index contributed by atoms with van der Waals surface area (Å²) in [5, 5.41) is 9.08. The number of rotatable bonds is 4. The van der Waals surface area contributed by atoms with E-state index < -0.39 is 0 Å². The fourth-order valence-corrected chi connectivity index (χ4v) is 5.61. The monoisotopic (exact) mass is 386 g/mol. The zero-order valence-corrected chi connectivity index (χ0v) is 16.5. The number of thioether (sulfide) groups is 1. The molecule has 0 spiro atoms. The molecule has 0 amide bonds. The minimum absolute atomic E-state index is 0.0434. The van der Waals surface area contributed by atoms with Crippen molar-refractivity contribution in [2.24, 2.45) is 0 Å². The fourth-order valence-electron chi connectivity index (χ4n) is 4.66. The zero-order chi connectivity index (χ0) is 18.2. The Morgan fingerprint density at radius 2 is 2.15 bits per heavy atom. The lowest BCUT2D eigenvalue weighted by atomic mass is 9.96. The summed E-state index contributed by atoms with van der Waals surface area (Å²) in [5.41, 5.74) is 4.74. The van der Waals surface area contributed by atoms with Gasteiger partial charge in [0, 0.05) is 42.8 Å². The molecule has 5 rings (SSSR count).